The summed E-state index contributed by atoms with van der Waals surface area (Å²) in [5.74, 6) is -0.429. The lowest BCUT2D eigenvalue weighted by molar-refractivity contribution is 0.613. The van der Waals surface area contributed by atoms with Crippen LogP contribution in [0.2, 0.25) is 0 Å². The number of anilines is 1. The molecule has 0 bridgehead atoms. The Bertz CT molecular complexity index is 733. The second-order valence-corrected chi connectivity index (χ2v) is 4.16. The molecule has 2 heterocycles. The van der Waals surface area contributed by atoms with Crippen LogP contribution in [0.25, 0.3) is 16.6 Å². The number of fused-ring (bicyclic) bond motifs is 1. The zero-order valence-electron chi connectivity index (χ0n) is 9.76. The van der Waals surface area contributed by atoms with Gasteiger partial charge in [0.05, 0.1) is 6.20 Å². The van der Waals surface area contributed by atoms with Crippen LogP contribution in [-0.4, -0.2) is 14.8 Å². The summed E-state index contributed by atoms with van der Waals surface area (Å²) < 4.78 is 15.6. The van der Waals surface area contributed by atoms with E-state index in [0.717, 1.165) is 10.9 Å². The molecule has 5 heteroatoms. The molecular weight excluding hydrogens is 231 g/mol. The highest BCUT2D eigenvalue weighted by atomic mass is 19.1. The molecule has 0 aliphatic carbocycles. The van der Waals surface area contributed by atoms with Gasteiger partial charge in [-0.3, -0.25) is 4.98 Å². The molecule has 0 atom stereocenters. The summed E-state index contributed by atoms with van der Waals surface area (Å²) in [6.07, 6.45) is 5.04. The number of rotatable bonds is 1. The maximum Gasteiger partial charge on any atom is 0.153 e. The van der Waals surface area contributed by atoms with Crippen molar-refractivity contribution < 1.29 is 4.39 Å². The molecule has 0 amide bonds. The molecule has 3 rings (SSSR count). The number of pyridine rings is 1. The Morgan fingerprint density at radius 2 is 2.22 bits per heavy atom. The van der Waals surface area contributed by atoms with E-state index in [4.69, 9.17) is 5.73 Å². The first-order valence-electron chi connectivity index (χ1n) is 5.51. The Labute approximate surface area is 103 Å². The van der Waals surface area contributed by atoms with Crippen molar-refractivity contribution in [2.75, 3.05) is 5.73 Å². The number of hydrogen-bond donors (Lipinski definition) is 1. The monoisotopic (exact) mass is 242 g/mol. The fraction of sp³-hybridized carbons (Fsp3) is 0.0769. The molecule has 0 saturated heterocycles. The van der Waals surface area contributed by atoms with E-state index in [1.54, 1.807) is 24.7 Å². The van der Waals surface area contributed by atoms with Gasteiger partial charge in [-0.1, -0.05) is 0 Å². The smallest absolute Gasteiger partial charge is 0.153 e. The van der Waals surface area contributed by atoms with Crippen LogP contribution < -0.4 is 5.73 Å². The van der Waals surface area contributed by atoms with E-state index in [0.29, 0.717) is 16.9 Å². The van der Waals surface area contributed by atoms with Gasteiger partial charge in [0.15, 0.2) is 5.82 Å². The summed E-state index contributed by atoms with van der Waals surface area (Å²) in [5, 5.41) is 4.85. The maximum atomic E-state index is 14.1. The third-order valence-corrected chi connectivity index (χ3v) is 2.79. The van der Waals surface area contributed by atoms with Crippen molar-refractivity contribution in [2.24, 2.45) is 0 Å². The molecule has 0 aliphatic rings. The van der Waals surface area contributed by atoms with Gasteiger partial charge in [0.2, 0.25) is 0 Å². The number of nitrogen functional groups attached to an aromatic ring is 1. The van der Waals surface area contributed by atoms with Gasteiger partial charge in [-0.25, -0.2) is 9.07 Å². The SMILES string of the molecule is Cc1cnn(-c2c(F)cc(N)c3cccnc23)c1. The first-order chi connectivity index (χ1) is 8.66. The highest BCUT2D eigenvalue weighted by molar-refractivity contribution is 5.95. The average Bonchev–Trinajstić information content (AvgIpc) is 2.76. The fourth-order valence-electron chi connectivity index (χ4n) is 1.98. The highest BCUT2D eigenvalue weighted by Crippen LogP contribution is 2.28. The second kappa shape index (κ2) is 3.80. The Morgan fingerprint density at radius 1 is 1.39 bits per heavy atom. The van der Waals surface area contributed by atoms with E-state index in [-0.39, 0.29) is 0 Å². The summed E-state index contributed by atoms with van der Waals surface area (Å²) in [5.41, 5.74) is 7.97. The minimum Gasteiger partial charge on any atom is -0.398 e. The van der Waals surface area contributed by atoms with Crippen LogP contribution in [0.15, 0.2) is 36.8 Å². The fourth-order valence-corrected chi connectivity index (χ4v) is 1.98. The van der Waals surface area contributed by atoms with Gasteiger partial charge in [-0.2, -0.15) is 5.10 Å². The highest BCUT2D eigenvalue weighted by Gasteiger charge is 2.14. The van der Waals surface area contributed by atoms with Crippen molar-refractivity contribution in [2.45, 2.75) is 6.92 Å². The number of halogens is 1. The molecule has 0 spiro atoms. The summed E-state index contributed by atoms with van der Waals surface area (Å²) >= 11 is 0. The van der Waals surface area contributed by atoms with Crippen LogP contribution in [0.3, 0.4) is 0 Å². The predicted molar refractivity (Wildman–Crippen MR) is 68.0 cm³/mol. The summed E-state index contributed by atoms with van der Waals surface area (Å²) in [6.45, 7) is 1.90. The Balaban J connectivity index is 2.41. The molecule has 18 heavy (non-hydrogen) atoms. The number of nitrogens with zero attached hydrogens (tertiary/aromatic N) is 3. The van der Waals surface area contributed by atoms with Crippen LogP contribution in [0, 0.1) is 12.7 Å². The summed E-state index contributed by atoms with van der Waals surface area (Å²) in [7, 11) is 0. The Hall–Kier alpha value is -2.43. The molecule has 3 aromatic rings. The lowest BCUT2D eigenvalue weighted by atomic mass is 10.1. The standard InChI is InChI=1S/C13H11FN4/c1-8-6-17-18(7-8)13-10(14)5-11(15)9-3-2-4-16-12(9)13/h2-7H,15H2,1H3. The average molecular weight is 242 g/mol. The largest absolute Gasteiger partial charge is 0.398 e. The van der Waals surface area contributed by atoms with Crippen LogP contribution in [0.4, 0.5) is 10.1 Å². The van der Waals surface area contributed by atoms with E-state index < -0.39 is 5.82 Å². The number of aromatic nitrogens is 3. The minimum atomic E-state index is -0.429. The minimum absolute atomic E-state index is 0.327. The van der Waals surface area contributed by atoms with Gasteiger partial charge in [-0.05, 0) is 30.7 Å². The van der Waals surface area contributed by atoms with Gasteiger partial charge in [-0.15, -0.1) is 0 Å². The van der Waals surface area contributed by atoms with Crippen molar-refractivity contribution in [1.29, 1.82) is 0 Å². The van der Waals surface area contributed by atoms with Crippen LogP contribution in [0.5, 0.6) is 0 Å². The van der Waals surface area contributed by atoms with Gasteiger partial charge in [0, 0.05) is 23.5 Å². The molecule has 90 valence electrons. The Kier molecular flexibility index (Phi) is 2.26. The number of aryl methyl sites for hydroxylation is 1. The van der Waals surface area contributed by atoms with Crippen LogP contribution in [0.1, 0.15) is 5.56 Å². The zero-order valence-corrected chi connectivity index (χ0v) is 9.76. The first-order valence-corrected chi connectivity index (χ1v) is 5.51. The lowest BCUT2D eigenvalue weighted by Gasteiger charge is -2.09. The van der Waals surface area contributed by atoms with Gasteiger partial charge in [0.25, 0.3) is 0 Å². The van der Waals surface area contributed by atoms with Crippen LogP contribution >= 0.6 is 0 Å². The molecule has 2 N–H and O–H groups in total. The van der Waals surface area contributed by atoms with E-state index in [2.05, 4.69) is 10.1 Å². The molecule has 0 unspecified atom stereocenters. The molecule has 0 saturated carbocycles. The third-order valence-electron chi connectivity index (χ3n) is 2.79. The normalized spacial score (nSPS) is 11.0. The van der Waals surface area contributed by atoms with Crippen LogP contribution in [-0.2, 0) is 0 Å². The molecule has 2 aromatic heterocycles. The third kappa shape index (κ3) is 1.52. The van der Waals surface area contributed by atoms with Gasteiger partial charge in [0.1, 0.15) is 11.2 Å². The number of nitrogens with two attached hydrogens (primary N) is 1. The number of benzene rings is 1. The van der Waals surface area contributed by atoms with E-state index in [9.17, 15) is 4.39 Å². The van der Waals surface area contributed by atoms with Gasteiger partial charge < -0.3 is 5.73 Å². The summed E-state index contributed by atoms with van der Waals surface area (Å²) in [4.78, 5) is 4.21. The summed E-state index contributed by atoms with van der Waals surface area (Å²) in [6, 6.07) is 4.89. The predicted octanol–water partition coefficient (Wildman–Crippen LogP) is 2.45. The molecule has 0 fully saturated rings. The van der Waals surface area contributed by atoms with E-state index >= 15 is 0 Å². The van der Waals surface area contributed by atoms with E-state index in [1.165, 1.54) is 10.7 Å². The van der Waals surface area contributed by atoms with Crippen molar-refractivity contribution in [3.63, 3.8) is 0 Å². The lowest BCUT2D eigenvalue weighted by Crippen LogP contribution is -2.02. The quantitative estimate of drug-likeness (QED) is 0.667. The maximum absolute atomic E-state index is 14.1. The first kappa shape index (κ1) is 10.7. The van der Waals surface area contributed by atoms with Crippen molar-refractivity contribution in [3.05, 3.63) is 48.2 Å². The molecule has 4 nitrogen and oxygen atoms in total. The Morgan fingerprint density at radius 3 is 2.94 bits per heavy atom. The second-order valence-electron chi connectivity index (χ2n) is 4.16. The van der Waals surface area contributed by atoms with Crippen molar-refractivity contribution in [3.8, 4) is 5.69 Å². The number of hydrogen-bond acceptors (Lipinski definition) is 3. The molecular formula is C13H11FN4. The molecule has 0 aliphatic heterocycles. The zero-order chi connectivity index (χ0) is 12.7. The van der Waals surface area contributed by atoms with E-state index in [1.807, 2.05) is 13.0 Å². The van der Waals surface area contributed by atoms with Gasteiger partial charge >= 0.3 is 0 Å². The molecule has 1 aromatic carbocycles. The molecule has 0 radical (unpaired) electrons. The van der Waals surface area contributed by atoms with Crippen molar-refractivity contribution >= 4 is 16.6 Å². The van der Waals surface area contributed by atoms with Crippen molar-refractivity contribution in [1.82, 2.24) is 14.8 Å². The topological polar surface area (TPSA) is 56.7 Å².